The van der Waals surface area contributed by atoms with Crippen molar-refractivity contribution in [2.45, 2.75) is 124 Å². The van der Waals surface area contributed by atoms with Crippen LogP contribution in [0.5, 0.6) is 0 Å². The normalized spacial score (nSPS) is 28.6. The number of amides is 6. The minimum absolute atomic E-state index is 0.00246. The Labute approximate surface area is 276 Å². The quantitative estimate of drug-likeness (QED) is 0.212. The van der Waals surface area contributed by atoms with Crippen molar-refractivity contribution in [3.05, 3.63) is 0 Å². The van der Waals surface area contributed by atoms with Crippen molar-refractivity contribution < 1.29 is 38.3 Å². The van der Waals surface area contributed by atoms with E-state index in [1.165, 1.54) is 14.0 Å². The number of hydrogen-bond acceptors (Lipinski definition) is 8. The lowest BCUT2D eigenvalue weighted by molar-refractivity contribution is -0.153. The van der Waals surface area contributed by atoms with Crippen LogP contribution in [0.4, 0.5) is 4.79 Å². The molecule has 4 rings (SSSR count). The summed E-state index contributed by atoms with van der Waals surface area (Å²) in [6.07, 6.45) is 2.77. The second-order valence-electron chi connectivity index (χ2n) is 15.9. The van der Waals surface area contributed by atoms with Crippen LogP contribution in [0.3, 0.4) is 0 Å². The Balaban J connectivity index is 1.57. The van der Waals surface area contributed by atoms with E-state index in [0.717, 1.165) is 12.8 Å². The summed E-state index contributed by atoms with van der Waals surface area (Å²) in [6, 6.07) is -4.95. The third-order valence-electron chi connectivity index (χ3n) is 10.5. The number of ketones is 1. The number of Topliss-reactive ketones (excluding diaryl/α,β-unsaturated/α-hetero) is 1. The number of alkyl carbamates (subject to hydrolysis) is 1. The molecule has 0 radical (unpaired) electrons. The minimum atomic E-state index is -1.08. The fourth-order valence-corrected chi connectivity index (χ4v) is 7.69. The van der Waals surface area contributed by atoms with Gasteiger partial charge >= 0.3 is 6.09 Å². The molecule has 2 saturated carbocycles. The first-order chi connectivity index (χ1) is 21.8. The molecule has 0 aromatic carbocycles. The monoisotopic (exact) mass is 660 g/mol. The number of nitrogens with one attached hydrogen (secondary N) is 5. The van der Waals surface area contributed by atoms with E-state index in [-0.39, 0.29) is 24.4 Å². The molecule has 4 aliphatic rings. The fraction of sp³-hybridized carbons (Fsp3) is 0.788. The van der Waals surface area contributed by atoms with Crippen molar-refractivity contribution in [2.75, 3.05) is 13.7 Å². The van der Waals surface area contributed by atoms with Crippen molar-refractivity contribution in [1.82, 2.24) is 31.5 Å². The lowest BCUT2D eigenvalue weighted by Crippen LogP contribution is -2.69. The molecule has 6 amide bonds. The summed E-state index contributed by atoms with van der Waals surface area (Å²) in [6.45, 7) is 14.4. The van der Waals surface area contributed by atoms with Gasteiger partial charge in [0.15, 0.2) is 0 Å². The van der Waals surface area contributed by atoms with Crippen molar-refractivity contribution in [2.24, 2.45) is 28.1 Å². The maximum Gasteiger partial charge on any atom is 0.407 e. The lowest BCUT2D eigenvalue weighted by atomic mass is 9.63. The molecule has 47 heavy (non-hydrogen) atoms. The largest absolute Gasteiger partial charge is 0.453 e. The van der Waals surface area contributed by atoms with Crippen LogP contribution in [0.1, 0.15) is 87.5 Å². The van der Waals surface area contributed by atoms with E-state index in [2.05, 4.69) is 31.3 Å². The van der Waals surface area contributed by atoms with E-state index < -0.39 is 87.9 Å². The van der Waals surface area contributed by atoms with Gasteiger partial charge in [-0.2, -0.15) is 0 Å². The standard InChI is InChI=1S/C33H52N6O8/c1-10-33-14-13-17-15-39(20(19(17)33)26(42)36-22(33)21(40)27(43)35-18-11-12-18)29(45)24(32(6,7)8)38-28(44)23(31(3,4)5)37-25(41)16(2)34-30(46)47-9/h16-20,22-24H,10-15H2,1-9H3,(H,34,46)(H,35,43)(H,36,42)(H,37,41)(H,38,44)/t16-,17+,19+,20+,22-,23-,24-,33?/m1/s1. The summed E-state index contributed by atoms with van der Waals surface area (Å²) >= 11 is 0. The van der Waals surface area contributed by atoms with Crippen molar-refractivity contribution in [3.8, 4) is 0 Å². The van der Waals surface area contributed by atoms with E-state index in [9.17, 15) is 33.6 Å². The Morgan fingerprint density at radius 2 is 1.53 bits per heavy atom. The molecule has 8 atom stereocenters. The highest BCUT2D eigenvalue weighted by atomic mass is 16.5. The van der Waals surface area contributed by atoms with E-state index in [4.69, 9.17) is 0 Å². The third-order valence-corrected chi connectivity index (χ3v) is 10.5. The molecule has 5 N–H and O–H groups in total. The van der Waals surface area contributed by atoms with Crippen LogP contribution in [0.25, 0.3) is 0 Å². The van der Waals surface area contributed by atoms with E-state index in [0.29, 0.717) is 19.3 Å². The summed E-state index contributed by atoms with van der Waals surface area (Å²) in [5.74, 6) is -3.77. The van der Waals surface area contributed by atoms with Crippen LogP contribution < -0.4 is 26.6 Å². The second-order valence-corrected chi connectivity index (χ2v) is 15.9. The molecule has 14 nitrogen and oxygen atoms in total. The second kappa shape index (κ2) is 13.1. The van der Waals surface area contributed by atoms with Crippen molar-refractivity contribution in [3.63, 3.8) is 0 Å². The van der Waals surface area contributed by atoms with E-state index >= 15 is 0 Å². The van der Waals surface area contributed by atoms with Crippen LogP contribution in [-0.4, -0.2) is 96.2 Å². The van der Waals surface area contributed by atoms with Crippen LogP contribution in [-0.2, 0) is 33.5 Å². The highest BCUT2D eigenvalue weighted by molar-refractivity contribution is 6.39. The summed E-state index contributed by atoms with van der Waals surface area (Å²) in [5, 5.41) is 13.6. The molecular weight excluding hydrogens is 608 g/mol. The number of piperidine rings is 1. The average Bonchev–Trinajstić information content (AvgIpc) is 3.59. The topological polar surface area (TPSA) is 192 Å². The molecule has 14 heteroatoms. The predicted molar refractivity (Wildman–Crippen MR) is 170 cm³/mol. The van der Waals surface area contributed by atoms with Gasteiger partial charge in [0.1, 0.15) is 30.2 Å². The van der Waals surface area contributed by atoms with Gasteiger partial charge in [-0.25, -0.2) is 4.79 Å². The Kier molecular flexibility index (Phi) is 10.0. The van der Waals surface area contributed by atoms with Crippen LogP contribution >= 0.6 is 0 Å². The number of carbonyl (C=O) groups is 7. The highest BCUT2D eigenvalue weighted by Gasteiger charge is 2.67. The Morgan fingerprint density at radius 1 is 0.936 bits per heavy atom. The zero-order valence-corrected chi connectivity index (χ0v) is 29.1. The lowest BCUT2D eigenvalue weighted by Gasteiger charge is -2.48. The maximum atomic E-state index is 14.5. The predicted octanol–water partition coefficient (Wildman–Crippen LogP) is 0.772. The van der Waals surface area contributed by atoms with Gasteiger partial charge in [0, 0.05) is 23.9 Å². The molecule has 4 fully saturated rings. The SMILES string of the molecule is CCC12CC[C@H]3CN(C(=O)[C@@H](NC(=O)[C@@H](NC(=O)[C@@H](C)NC(=O)OC)C(C)(C)C)C(C)(C)C)[C@H](C(=O)N[C@@H]1C(=O)C(=O)NC1CC1)[C@H]32. The molecule has 1 unspecified atom stereocenters. The van der Waals surface area contributed by atoms with Gasteiger partial charge in [0.2, 0.25) is 29.4 Å². The molecule has 2 aliphatic heterocycles. The number of carbonyl (C=O) groups excluding carboxylic acids is 7. The number of ether oxygens (including phenoxy) is 1. The average molecular weight is 661 g/mol. The molecule has 2 heterocycles. The molecule has 262 valence electrons. The molecule has 0 aromatic rings. The minimum Gasteiger partial charge on any atom is -0.453 e. The van der Waals surface area contributed by atoms with Crippen LogP contribution in [0, 0.1) is 28.1 Å². The zero-order chi connectivity index (χ0) is 35.2. The summed E-state index contributed by atoms with van der Waals surface area (Å²) in [7, 11) is 1.17. The van der Waals surface area contributed by atoms with Gasteiger partial charge in [0.25, 0.3) is 5.91 Å². The number of hydrogen-bond donors (Lipinski definition) is 5. The smallest absolute Gasteiger partial charge is 0.407 e. The van der Waals surface area contributed by atoms with Crippen molar-refractivity contribution in [1.29, 1.82) is 0 Å². The third kappa shape index (κ3) is 7.11. The van der Waals surface area contributed by atoms with Crippen LogP contribution in [0.2, 0.25) is 0 Å². The first-order valence-corrected chi connectivity index (χ1v) is 16.7. The molecule has 2 aliphatic carbocycles. The number of nitrogens with zero attached hydrogens (tertiary/aromatic N) is 1. The zero-order valence-electron chi connectivity index (χ0n) is 29.1. The van der Waals surface area contributed by atoms with E-state index in [1.54, 1.807) is 25.7 Å². The fourth-order valence-electron chi connectivity index (χ4n) is 7.69. The van der Waals surface area contributed by atoms with Crippen molar-refractivity contribution >= 4 is 41.4 Å². The van der Waals surface area contributed by atoms with E-state index in [1.807, 2.05) is 27.7 Å². The summed E-state index contributed by atoms with van der Waals surface area (Å²) in [5.41, 5.74) is -2.24. The van der Waals surface area contributed by atoms with Gasteiger partial charge < -0.3 is 36.2 Å². The molecule has 0 spiro atoms. The summed E-state index contributed by atoms with van der Waals surface area (Å²) < 4.78 is 4.56. The van der Waals surface area contributed by atoms with Crippen LogP contribution in [0.15, 0.2) is 0 Å². The van der Waals surface area contributed by atoms with Gasteiger partial charge in [0.05, 0.1) is 7.11 Å². The van der Waals surface area contributed by atoms with Gasteiger partial charge in [-0.15, -0.1) is 0 Å². The molecule has 0 bridgehead atoms. The van der Waals surface area contributed by atoms with Gasteiger partial charge in [-0.3, -0.25) is 28.8 Å². The highest BCUT2D eigenvalue weighted by Crippen LogP contribution is 2.59. The maximum absolute atomic E-state index is 14.5. The summed E-state index contributed by atoms with van der Waals surface area (Å²) in [4.78, 5) is 94.5. The first kappa shape index (κ1) is 36.1. The Hall–Kier alpha value is -3.71. The molecule has 0 aromatic heterocycles. The van der Waals surface area contributed by atoms with Gasteiger partial charge in [-0.1, -0.05) is 48.5 Å². The Bertz CT molecular complexity index is 1320. The first-order valence-electron chi connectivity index (χ1n) is 16.7. The number of rotatable bonds is 10. The number of likely N-dealkylation sites (tertiary alicyclic amines) is 1. The number of methoxy groups -OCH3 is 1. The Morgan fingerprint density at radius 3 is 2.06 bits per heavy atom. The molecular formula is C33H52N6O8. The molecule has 2 saturated heterocycles. The van der Waals surface area contributed by atoms with Gasteiger partial charge in [-0.05, 0) is 55.8 Å².